The molecule has 1 unspecified atom stereocenters. The van der Waals surface area contributed by atoms with Gasteiger partial charge in [0.2, 0.25) is 5.91 Å². The summed E-state index contributed by atoms with van der Waals surface area (Å²) >= 11 is 5.36. The normalized spacial score (nSPS) is 16.3. The first-order valence-corrected chi connectivity index (χ1v) is 9.95. The van der Waals surface area contributed by atoms with Crippen LogP contribution in [-0.2, 0) is 14.3 Å². The van der Waals surface area contributed by atoms with E-state index in [1.165, 1.54) is 0 Å². The summed E-state index contributed by atoms with van der Waals surface area (Å²) < 4.78 is 5.21. The first kappa shape index (κ1) is 21.8. The van der Waals surface area contributed by atoms with Gasteiger partial charge in [-0.3, -0.25) is 19.7 Å². The molecule has 1 atom stereocenters. The minimum Gasteiger partial charge on any atom is -0.466 e. The predicted molar refractivity (Wildman–Crippen MR) is 110 cm³/mol. The molecule has 1 fully saturated rings. The Morgan fingerprint density at radius 3 is 2.79 bits per heavy atom. The fraction of sp³-hybridized carbons (Fsp3) is 0.500. The van der Waals surface area contributed by atoms with Gasteiger partial charge < -0.3 is 15.0 Å². The highest BCUT2D eigenvalue weighted by Gasteiger charge is 2.34. The second-order valence-electron chi connectivity index (χ2n) is 6.71. The molecule has 0 aromatic heterocycles. The number of carbonyl (C=O) groups is 3. The minimum absolute atomic E-state index is 0.113. The van der Waals surface area contributed by atoms with E-state index in [9.17, 15) is 14.4 Å². The SMILES string of the molecule is CCCCCOC(=O)CC1C(=O)NCCN1C(=S)NC(=O)c1ccccc1C. The van der Waals surface area contributed by atoms with Crippen LogP contribution in [0.15, 0.2) is 24.3 Å². The maximum Gasteiger partial charge on any atom is 0.308 e. The fourth-order valence-electron chi connectivity index (χ4n) is 2.98. The standard InChI is InChI=1S/C20H27N3O4S/c1-3-4-7-12-27-17(24)13-16-19(26)21-10-11-23(16)20(28)22-18(25)15-9-6-5-8-14(15)2/h5-6,8-9,16H,3-4,7,10-13H2,1-2H3,(H,21,26)(H,22,25,28). The third-order valence-electron chi connectivity index (χ3n) is 4.57. The number of aryl methyl sites for hydroxylation is 1. The molecular weight excluding hydrogens is 378 g/mol. The molecule has 2 N–H and O–H groups in total. The van der Waals surface area contributed by atoms with Gasteiger partial charge in [-0.25, -0.2) is 0 Å². The molecule has 1 aliphatic heterocycles. The molecule has 152 valence electrons. The van der Waals surface area contributed by atoms with E-state index < -0.39 is 12.0 Å². The molecular formula is C20H27N3O4S. The summed E-state index contributed by atoms with van der Waals surface area (Å²) in [5.74, 6) is -1.09. The van der Waals surface area contributed by atoms with Gasteiger partial charge in [0.05, 0.1) is 13.0 Å². The van der Waals surface area contributed by atoms with E-state index in [1.54, 1.807) is 17.0 Å². The highest BCUT2D eigenvalue weighted by molar-refractivity contribution is 7.80. The number of ether oxygens (including phenoxy) is 1. The first-order valence-electron chi connectivity index (χ1n) is 9.55. The number of piperazine rings is 1. The van der Waals surface area contributed by atoms with E-state index in [1.807, 2.05) is 19.1 Å². The molecule has 2 rings (SSSR count). The van der Waals surface area contributed by atoms with Gasteiger partial charge in [-0.15, -0.1) is 0 Å². The number of esters is 1. The molecule has 2 amide bonds. The van der Waals surface area contributed by atoms with Crippen molar-refractivity contribution in [3.05, 3.63) is 35.4 Å². The van der Waals surface area contributed by atoms with Crippen LogP contribution in [0.1, 0.15) is 48.5 Å². The van der Waals surface area contributed by atoms with Crippen molar-refractivity contribution in [1.29, 1.82) is 0 Å². The molecule has 1 heterocycles. The third kappa shape index (κ3) is 6.02. The largest absolute Gasteiger partial charge is 0.466 e. The second-order valence-corrected chi connectivity index (χ2v) is 7.09. The number of carbonyl (C=O) groups excluding carboxylic acids is 3. The van der Waals surface area contributed by atoms with Crippen molar-refractivity contribution in [3.63, 3.8) is 0 Å². The predicted octanol–water partition coefficient (Wildman–Crippen LogP) is 1.93. The van der Waals surface area contributed by atoms with Crippen LogP contribution in [-0.4, -0.2) is 53.5 Å². The van der Waals surface area contributed by atoms with Crippen molar-refractivity contribution < 1.29 is 19.1 Å². The van der Waals surface area contributed by atoms with Crippen molar-refractivity contribution in [3.8, 4) is 0 Å². The van der Waals surface area contributed by atoms with Gasteiger partial charge >= 0.3 is 5.97 Å². The zero-order chi connectivity index (χ0) is 20.5. The van der Waals surface area contributed by atoms with E-state index in [0.717, 1.165) is 24.8 Å². The fourth-order valence-corrected chi connectivity index (χ4v) is 3.29. The molecule has 8 heteroatoms. The number of benzene rings is 1. The lowest BCUT2D eigenvalue weighted by Crippen LogP contribution is -2.60. The van der Waals surface area contributed by atoms with E-state index in [-0.39, 0.29) is 23.3 Å². The highest BCUT2D eigenvalue weighted by atomic mass is 32.1. The van der Waals surface area contributed by atoms with Gasteiger partial charge in [0.15, 0.2) is 5.11 Å². The lowest BCUT2D eigenvalue weighted by Gasteiger charge is -2.36. The van der Waals surface area contributed by atoms with Crippen LogP contribution in [0.5, 0.6) is 0 Å². The van der Waals surface area contributed by atoms with Gasteiger partial charge in [-0.1, -0.05) is 38.0 Å². The van der Waals surface area contributed by atoms with E-state index in [4.69, 9.17) is 17.0 Å². The van der Waals surface area contributed by atoms with Crippen molar-refractivity contribution >= 4 is 35.1 Å². The highest BCUT2D eigenvalue weighted by Crippen LogP contribution is 2.12. The van der Waals surface area contributed by atoms with Gasteiger partial charge in [-0.05, 0) is 37.2 Å². The Morgan fingerprint density at radius 1 is 1.32 bits per heavy atom. The molecule has 0 saturated carbocycles. The lowest BCUT2D eigenvalue weighted by molar-refractivity contribution is -0.147. The van der Waals surface area contributed by atoms with Gasteiger partial charge in [0.25, 0.3) is 5.91 Å². The van der Waals surface area contributed by atoms with Gasteiger partial charge in [0.1, 0.15) is 6.04 Å². The summed E-state index contributed by atoms with van der Waals surface area (Å²) in [7, 11) is 0. The number of hydrogen-bond donors (Lipinski definition) is 2. The number of thiocarbonyl (C=S) groups is 1. The number of rotatable bonds is 7. The first-order chi connectivity index (χ1) is 13.4. The topological polar surface area (TPSA) is 87.7 Å². The molecule has 0 spiro atoms. The molecule has 0 aliphatic carbocycles. The number of nitrogens with zero attached hydrogens (tertiary/aromatic N) is 1. The van der Waals surface area contributed by atoms with Crippen LogP contribution >= 0.6 is 12.2 Å². The number of nitrogens with one attached hydrogen (secondary N) is 2. The maximum atomic E-state index is 12.5. The zero-order valence-electron chi connectivity index (χ0n) is 16.3. The van der Waals surface area contributed by atoms with Crippen molar-refractivity contribution in [1.82, 2.24) is 15.5 Å². The summed E-state index contributed by atoms with van der Waals surface area (Å²) in [4.78, 5) is 38.5. The van der Waals surface area contributed by atoms with Crippen LogP contribution in [0, 0.1) is 6.92 Å². The molecule has 0 bridgehead atoms. The number of amides is 2. The zero-order valence-corrected chi connectivity index (χ0v) is 17.1. The maximum absolute atomic E-state index is 12.5. The Kier molecular flexibility index (Phi) is 8.38. The summed E-state index contributed by atoms with van der Waals surface area (Å²) in [6.45, 7) is 5.05. The Balaban J connectivity index is 1.99. The van der Waals surface area contributed by atoms with Crippen LogP contribution in [0.4, 0.5) is 0 Å². The average Bonchev–Trinajstić information content (AvgIpc) is 2.67. The molecule has 7 nitrogen and oxygen atoms in total. The molecule has 0 radical (unpaired) electrons. The Labute approximate surface area is 170 Å². The van der Waals surface area contributed by atoms with Crippen LogP contribution in [0.25, 0.3) is 0 Å². The monoisotopic (exact) mass is 405 g/mol. The number of hydrogen-bond acceptors (Lipinski definition) is 5. The van der Waals surface area contributed by atoms with E-state index in [0.29, 0.717) is 25.3 Å². The molecule has 1 aliphatic rings. The summed E-state index contributed by atoms with van der Waals surface area (Å²) in [5.41, 5.74) is 1.34. The van der Waals surface area contributed by atoms with Gasteiger partial charge in [-0.2, -0.15) is 0 Å². The molecule has 1 saturated heterocycles. The van der Waals surface area contributed by atoms with Crippen LogP contribution in [0.3, 0.4) is 0 Å². The Morgan fingerprint density at radius 2 is 2.07 bits per heavy atom. The van der Waals surface area contributed by atoms with Crippen molar-refractivity contribution in [2.24, 2.45) is 0 Å². The molecule has 1 aromatic rings. The van der Waals surface area contributed by atoms with Crippen molar-refractivity contribution in [2.75, 3.05) is 19.7 Å². The van der Waals surface area contributed by atoms with Crippen molar-refractivity contribution in [2.45, 2.75) is 45.6 Å². The van der Waals surface area contributed by atoms with E-state index >= 15 is 0 Å². The van der Waals surface area contributed by atoms with Gasteiger partial charge in [0, 0.05) is 18.7 Å². The van der Waals surface area contributed by atoms with E-state index in [2.05, 4.69) is 17.6 Å². The van der Waals surface area contributed by atoms with Crippen LogP contribution in [0.2, 0.25) is 0 Å². The second kappa shape index (κ2) is 10.8. The Hall–Kier alpha value is -2.48. The third-order valence-corrected chi connectivity index (χ3v) is 4.91. The summed E-state index contributed by atoms with van der Waals surface area (Å²) in [6, 6.07) is 6.38. The molecule has 1 aromatic carbocycles. The minimum atomic E-state index is -0.794. The Bertz CT molecular complexity index is 738. The quantitative estimate of drug-likeness (QED) is 0.410. The van der Waals surface area contributed by atoms with Crippen LogP contribution < -0.4 is 10.6 Å². The smallest absolute Gasteiger partial charge is 0.308 e. The average molecular weight is 406 g/mol. The summed E-state index contributed by atoms with van der Waals surface area (Å²) in [5, 5.41) is 5.54. The number of unbranched alkanes of at least 4 members (excludes halogenated alkanes) is 2. The summed E-state index contributed by atoms with van der Waals surface area (Å²) in [6.07, 6.45) is 2.70. The lowest BCUT2D eigenvalue weighted by atomic mass is 10.1. The molecule has 28 heavy (non-hydrogen) atoms.